The normalized spacial score (nSPS) is 21.8. The Morgan fingerprint density at radius 2 is 2.05 bits per heavy atom. The first-order valence-corrected chi connectivity index (χ1v) is 8.02. The standard InChI is InChI=1S/C16H22BrNO2/c1-11(19)10-15-4-3-9-18(15)16(20)12(2)13-5-7-14(17)8-6-13/h5-8,11-12,15,19H,3-4,9-10H2,1-2H3/t11-,12-,15+/m0/s1. The highest BCUT2D eigenvalue weighted by atomic mass is 79.9. The molecule has 3 atom stereocenters. The Labute approximate surface area is 129 Å². The van der Waals surface area contributed by atoms with E-state index in [0.717, 1.165) is 29.4 Å². The first kappa shape index (κ1) is 15.5. The lowest BCUT2D eigenvalue weighted by Crippen LogP contribution is -2.39. The average molecular weight is 340 g/mol. The summed E-state index contributed by atoms with van der Waals surface area (Å²) in [6, 6.07) is 8.12. The van der Waals surface area contributed by atoms with Crippen LogP contribution in [0.2, 0.25) is 0 Å². The van der Waals surface area contributed by atoms with Gasteiger partial charge in [-0.1, -0.05) is 28.1 Å². The number of aliphatic hydroxyl groups is 1. The quantitative estimate of drug-likeness (QED) is 0.914. The van der Waals surface area contributed by atoms with Gasteiger partial charge in [-0.15, -0.1) is 0 Å². The van der Waals surface area contributed by atoms with Crippen LogP contribution >= 0.6 is 15.9 Å². The SMILES string of the molecule is C[C@H](O)C[C@H]1CCCN1C(=O)[C@@H](C)c1ccc(Br)cc1. The highest BCUT2D eigenvalue weighted by Gasteiger charge is 2.32. The van der Waals surface area contributed by atoms with E-state index >= 15 is 0 Å². The smallest absolute Gasteiger partial charge is 0.230 e. The van der Waals surface area contributed by atoms with Crippen LogP contribution in [-0.4, -0.2) is 34.6 Å². The van der Waals surface area contributed by atoms with Crippen LogP contribution in [0, 0.1) is 0 Å². The Kier molecular flexibility index (Phi) is 5.22. The summed E-state index contributed by atoms with van der Waals surface area (Å²) < 4.78 is 1.02. The number of hydrogen-bond donors (Lipinski definition) is 1. The van der Waals surface area contributed by atoms with Crippen LogP contribution in [0.4, 0.5) is 0 Å². The van der Waals surface area contributed by atoms with Crippen LogP contribution in [0.5, 0.6) is 0 Å². The lowest BCUT2D eigenvalue weighted by molar-refractivity contribution is -0.133. The van der Waals surface area contributed by atoms with Crippen LogP contribution in [0.25, 0.3) is 0 Å². The van der Waals surface area contributed by atoms with E-state index in [1.54, 1.807) is 6.92 Å². The minimum Gasteiger partial charge on any atom is -0.393 e. The minimum atomic E-state index is -0.351. The van der Waals surface area contributed by atoms with Crippen molar-refractivity contribution in [1.29, 1.82) is 0 Å². The fraction of sp³-hybridized carbons (Fsp3) is 0.562. The highest BCUT2D eigenvalue weighted by Crippen LogP contribution is 2.27. The van der Waals surface area contributed by atoms with E-state index in [-0.39, 0.29) is 24.0 Å². The van der Waals surface area contributed by atoms with Crippen molar-refractivity contribution < 1.29 is 9.90 Å². The second-order valence-electron chi connectivity index (χ2n) is 5.69. The first-order valence-electron chi connectivity index (χ1n) is 7.23. The van der Waals surface area contributed by atoms with Crippen molar-refractivity contribution in [2.45, 2.75) is 51.2 Å². The molecule has 20 heavy (non-hydrogen) atoms. The molecule has 110 valence electrons. The molecule has 1 saturated heterocycles. The third-order valence-corrected chi connectivity index (χ3v) is 4.54. The molecule has 0 saturated carbocycles. The Morgan fingerprint density at radius 1 is 1.40 bits per heavy atom. The molecule has 2 rings (SSSR count). The van der Waals surface area contributed by atoms with E-state index in [0.29, 0.717) is 6.42 Å². The molecule has 3 nitrogen and oxygen atoms in total. The van der Waals surface area contributed by atoms with Gasteiger partial charge in [-0.3, -0.25) is 4.79 Å². The molecular formula is C16H22BrNO2. The molecule has 0 aliphatic carbocycles. The van der Waals surface area contributed by atoms with Gasteiger partial charge in [0, 0.05) is 17.1 Å². The van der Waals surface area contributed by atoms with Crippen molar-refractivity contribution in [3.63, 3.8) is 0 Å². The maximum atomic E-state index is 12.7. The van der Waals surface area contributed by atoms with Crippen molar-refractivity contribution in [2.75, 3.05) is 6.54 Å². The van der Waals surface area contributed by atoms with Gasteiger partial charge in [0.1, 0.15) is 0 Å². The zero-order chi connectivity index (χ0) is 14.7. The molecule has 1 aromatic rings. The molecule has 1 amide bonds. The predicted octanol–water partition coefficient (Wildman–Crippen LogP) is 3.31. The van der Waals surface area contributed by atoms with Crippen LogP contribution in [0.1, 0.15) is 44.6 Å². The average Bonchev–Trinajstić information content (AvgIpc) is 2.85. The summed E-state index contributed by atoms with van der Waals surface area (Å²) in [6.07, 6.45) is 2.37. The third kappa shape index (κ3) is 3.61. The molecule has 0 aromatic heterocycles. The molecule has 1 heterocycles. The van der Waals surface area contributed by atoms with E-state index in [1.807, 2.05) is 36.1 Å². The molecule has 0 radical (unpaired) electrons. The second-order valence-corrected chi connectivity index (χ2v) is 6.60. The molecule has 1 aliphatic heterocycles. The fourth-order valence-corrected chi connectivity index (χ4v) is 3.17. The Bertz CT molecular complexity index is 458. The van der Waals surface area contributed by atoms with Gasteiger partial charge in [-0.2, -0.15) is 0 Å². The molecule has 0 spiro atoms. The second kappa shape index (κ2) is 6.72. The number of nitrogens with zero attached hydrogens (tertiary/aromatic N) is 1. The van der Waals surface area contributed by atoms with Gasteiger partial charge in [-0.05, 0) is 50.8 Å². The van der Waals surface area contributed by atoms with Crippen molar-refractivity contribution >= 4 is 21.8 Å². The molecular weight excluding hydrogens is 318 g/mol. The van der Waals surface area contributed by atoms with Gasteiger partial charge in [0.05, 0.1) is 12.0 Å². The number of hydrogen-bond acceptors (Lipinski definition) is 2. The number of rotatable bonds is 4. The van der Waals surface area contributed by atoms with Crippen LogP contribution < -0.4 is 0 Å². The number of aliphatic hydroxyl groups excluding tert-OH is 1. The summed E-state index contributed by atoms with van der Waals surface area (Å²) >= 11 is 3.41. The number of carbonyl (C=O) groups excluding carboxylic acids is 1. The van der Waals surface area contributed by atoms with E-state index in [2.05, 4.69) is 15.9 Å². The van der Waals surface area contributed by atoms with E-state index in [4.69, 9.17) is 0 Å². The third-order valence-electron chi connectivity index (χ3n) is 4.01. The number of carbonyl (C=O) groups is 1. The summed E-state index contributed by atoms with van der Waals surface area (Å²) in [7, 11) is 0. The van der Waals surface area contributed by atoms with Gasteiger partial charge >= 0.3 is 0 Å². The monoisotopic (exact) mass is 339 g/mol. The van der Waals surface area contributed by atoms with Crippen LogP contribution in [0.15, 0.2) is 28.7 Å². The summed E-state index contributed by atoms with van der Waals surface area (Å²) in [5.41, 5.74) is 1.04. The van der Waals surface area contributed by atoms with Crippen molar-refractivity contribution in [3.05, 3.63) is 34.3 Å². The molecule has 1 aliphatic rings. The molecule has 0 unspecified atom stereocenters. The largest absolute Gasteiger partial charge is 0.393 e. The minimum absolute atomic E-state index is 0.127. The van der Waals surface area contributed by atoms with Crippen LogP contribution in [0.3, 0.4) is 0 Å². The molecule has 1 fully saturated rings. The predicted molar refractivity (Wildman–Crippen MR) is 83.6 cm³/mol. The molecule has 4 heteroatoms. The number of likely N-dealkylation sites (tertiary alicyclic amines) is 1. The summed E-state index contributed by atoms with van der Waals surface area (Å²) in [5.74, 6) is 0.0492. The van der Waals surface area contributed by atoms with Crippen molar-refractivity contribution in [3.8, 4) is 0 Å². The Hall–Kier alpha value is -0.870. The van der Waals surface area contributed by atoms with Gasteiger partial charge < -0.3 is 10.0 Å². The molecule has 1 aromatic carbocycles. The van der Waals surface area contributed by atoms with Gasteiger partial charge in [0.2, 0.25) is 5.91 Å². The zero-order valence-electron chi connectivity index (χ0n) is 12.1. The molecule has 1 N–H and O–H groups in total. The number of benzene rings is 1. The Morgan fingerprint density at radius 3 is 2.65 bits per heavy atom. The van der Waals surface area contributed by atoms with Crippen LogP contribution in [-0.2, 0) is 4.79 Å². The first-order chi connectivity index (χ1) is 9.49. The van der Waals surface area contributed by atoms with E-state index < -0.39 is 0 Å². The van der Waals surface area contributed by atoms with Gasteiger partial charge in [-0.25, -0.2) is 0 Å². The lowest BCUT2D eigenvalue weighted by atomic mass is 9.98. The topological polar surface area (TPSA) is 40.5 Å². The van der Waals surface area contributed by atoms with E-state index in [9.17, 15) is 9.90 Å². The van der Waals surface area contributed by atoms with Gasteiger partial charge in [0.15, 0.2) is 0 Å². The maximum Gasteiger partial charge on any atom is 0.230 e. The lowest BCUT2D eigenvalue weighted by Gasteiger charge is -2.28. The summed E-state index contributed by atoms with van der Waals surface area (Å²) in [4.78, 5) is 14.6. The maximum absolute atomic E-state index is 12.7. The van der Waals surface area contributed by atoms with E-state index in [1.165, 1.54) is 0 Å². The van der Waals surface area contributed by atoms with Crippen molar-refractivity contribution in [2.24, 2.45) is 0 Å². The Balaban J connectivity index is 2.07. The number of amides is 1. The highest BCUT2D eigenvalue weighted by molar-refractivity contribution is 9.10. The van der Waals surface area contributed by atoms with Gasteiger partial charge in [0.25, 0.3) is 0 Å². The fourth-order valence-electron chi connectivity index (χ4n) is 2.91. The summed E-state index contributed by atoms with van der Waals surface area (Å²) in [6.45, 7) is 4.57. The molecule has 0 bridgehead atoms. The number of halogens is 1. The van der Waals surface area contributed by atoms with Crippen molar-refractivity contribution in [1.82, 2.24) is 4.90 Å². The summed E-state index contributed by atoms with van der Waals surface area (Å²) in [5, 5.41) is 9.56. The zero-order valence-corrected chi connectivity index (χ0v) is 13.6.